The standard InChI is InChI=1S/C12H20N2O2S/c1-4-17(15,16)12-8-6-5-7-11(12)13-9-10-14(2)3/h5-8,13H,4,9-10H2,1-3H3. The zero-order chi connectivity index (χ0) is 12.9. The third-order valence-corrected chi connectivity index (χ3v) is 4.26. The Bertz CT molecular complexity index is 455. The second-order valence-corrected chi connectivity index (χ2v) is 6.38. The van der Waals surface area contributed by atoms with E-state index < -0.39 is 9.84 Å². The molecule has 17 heavy (non-hydrogen) atoms. The quantitative estimate of drug-likeness (QED) is 0.837. The fourth-order valence-corrected chi connectivity index (χ4v) is 2.53. The number of anilines is 1. The van der Waals surface area contributed by atoms with E-state index in [1.165, 1.54) is 0 Å². The van der Waals surface area contributed by atoms with Crippen molar-refractivity contribution in [3.05, 3.63) is 24.3 Å². The number of benzene rings is 1. The summed E-state index contributed by atoms with van der Waals surface area (Å²) in [6.45, 7) is 3.25. The number of nitrogens with one attached hydrogen (secondary N) is 1. The molecule has 4 nitrogen and oxygen atoms in total. The highest BCUT2D eigenvalue weighted by Gasteiger charge is 2.15. The molecular formula is C12H20N2O2S. The summed E-state index contributed by atoms with van der Waals surface area (Å²) in [4.78, 5) is 2.44. The van der Waals surface area contributed by atoms with Crippen molar-refractivity contribution >= 4 is 15.5 Å². The van der Waals surface area contributed by atoms with Crippen LogP contribution in [0.3, 0.4) is 0 Å². The smallest absolute Gasteiger partial charge is 0.180 e. The van der Waals surface area contributed by atoms with Crippen molar-refractivity contribution in [2.45, 2.75) is 11.8 Å². The molecule has 0 fully saturated rings. The van der Waals surface area contributed by atoms with Gasteiger partial charge in [-0.25, -0.2) is 8.42 Å². The van der Waals surface area contributed by atoms with Crippen LogP contribution in [-0.2, 0) is 9.84 Å². The Morgan fingerprint density at radius 3 is 2.47 bits per heavy atom. The van der Waals surface area contributed by atoms with Gasteiger partial charge in [-0.3, -0.25) is 0 Å². The van der Waals surface area contributed by atoms with Crippen LogP contribution in [0, 0.1) is 0 Å². The maximum absolute atomic E-state index is 11.9. The Balaban J connectivity index is 2.86. The van der Waals surface area contributed by atoms with Gasteiger partial charge < -0.3 is 10.2 Å². The van der Waals surface area contributed by atoms with Crippen LogP contribution >= 0.6 is 0 Å². The summed E-state index contributed by atoms with van der Waals surface area (Å²) in [7, 11) is 0.809. The largest absolute Gasteiger partial charge is 0.383 e. The van der Waals surface area contributed by atoms with E-state index >= 15 is 0 Å². The van der Waals surface area contributed by atoms with Gasteiger partial charge in [0.1, 0.15) is 0 Å². The molecule has 0 aliphatic heterocycles. The molecule has 0 amide bonds. The maximum Gasteiger partial charge on any atom is 0.180 e. The van der Waals surface area contributed by atoms with Gasteiger partial charge in [0.25, 0.3) is 0 Å². The highest BCUT2D eigenvalue weighted by molar-refractivity contribution is 7.91. The SMILES string of the molecule is CCS(=O)(=O)c1ccccc1NCCN(C)C. The van der Waals surface area contributed by atoms with Crippen molar-refractivity contribution in [3.8, 4) is 0 Å². The number of nitrogens with zero attached hydrogens (tertiary/aromatic N) is 1. The molecule has 96 valence electrons. The van der Waals surface area contributed by atoms with E-state index in [1.807, 2.05) is 25.1 Å². The molecule has 0 heterocycles. The Kier molecular flexibility index (Phi) is 4.96. The Labute approximate surface area is 104 Å². The second kappa shape index (κ2) is 6.02. The maximum atomic E-state index is 11.9. The lowest BCUT2D eigenvalue weighted by Gasteiger charge is -2.14. The summed E-state index contributed by atoms with van der Waals surface area (Å²) in [6.07, 6.45) is 0. The van der Waals surface area contributed by atoms with E-state index in [9.17, 15) is 8.42 Å². The predicted molar refractivity (Wildman–Crippen MR) is 71.2 cm³/mol. The lowest BCUT2D eigenvalue weighted by molar-refractivity contribution is 0.425. The molecule has 0 radical (unpaired) electrons. The first kappa shape index (κ1) is 14.0. The molecule has 0 saturated carbocycles. The number of likely N-dealkylation sites (N-methyl/N-ethyl adjacent to an activating group) is 1. The Morgan fingerprint density at radius 1 is 1.24 bits per heavy atom. The van der Waals surface area contributed by atoms with E-state index in [0.29, 0.717) is 10.6 Å². The minimum Gasteiger partial charge on any atom is -0.383 e. The molecule has 1 aromatic rings. The fourth-order valence-electron chi connectivity index (χ4n) is 1.45. The first-order valence-corrected chi connectivity index (χ1v) is 7.33. The van der Waals surface area contributed by atoms with Gasteiger partial charge in [-0.05, 0) is 26.2 Å². The van der Waals surface area contributed by atoms with Crippen molar-refractivity contribution in [1.82, 2.24) is 4.90 Å². The zero-order valence-corrected chi connectivity index (χ0v) is 11.4. The number of rotatable bonds is 6. The second-order valence-electron chi connectivity index (χ2n) is 4.13. The molecule has 1 aromatic carbocycles. The average molecular weight is 256 g/mol. The van der Waals surface area contributed by atoms with Crippen LogP contribution in [0.4, 0.5) is 5.69 Å². The van der Waals surface area contributed by atoms with Crippen LogP contribution in [0.1, 0.15) is 6.92 Å². The normalized spacial score (nSPS) is 11.8. The highest BCUT2D eigenvalue weighted by Crippen LogP contribution is 2.21. The van der Waals surface area contributed by atoms with Gasteiger partial charge in [-0.15, -0.1) is 0 Å². The molecule has 0 saturated heterocycles. The van der Waals surface area contributed by atoms with Gasteiger partial charge in [0.2, 0.25) is 0 Å². The number of hydrogen-bond acceptors (Lipinski definition) is 4. The van der Waals surface area contributed by atoms with Crippen molar-refractivity contribution < 1.29 is 8.42 Å². The van der Waals surface area contributed by atoms with Crippen LogP contribution in [0.15, 0.2) is 29.2 Å². The molecular weight excluding hydrogens is 236 g/mol. The lowest BCUT2D eigenvalue weighted by Crippen LogP contribution is -2.21. The van der Waals surface area contributed by atoms with E-state index in [1.54, 1.807) is 25.1 Å². The highest BCUT2D eigenvalue weighted by atomic mass is 32.2. The number of para-hydroxylation sites is 1. The summed E-state index contributed by atoms with van der Waals surface area (Å²) in [5.74, 6) is 0.124. The monoisotopic (exact) mass is 256 g/mol. The molecule has 0 bridgehead atoms. The summed E-state index contributed by atoms with van der Waals surface area (Å²) in [5, 5.41) is 3.16. The fraction of sp³-hybridized carbons (Fsp3) is 0.500. The molecule has 0 spiro atoms. The molecule has 0 aliphatic carbocycles. The summed E-state index contributed by atoms with van der Waals surface area (Å²) >= 11 is 0. The molecule has 5 heteroatoms. The van der Waals surface area contributed by atoms with Crippen molar-refractivity contribution in [2.75, 3.05) is 38.3 Å². The van der Waals surface area contributed by atoms with Crippen molar-refractivity contribution in [2.24, 2.45) is 0 Å². The van der Waals surface area contributed by atoms with Gasteiger partial charge in [-0.1, -0.05) is 19.1 Å². The van der Waals surface area contributed by atoms with Crippen LogP contribution < -0.4 is 5.32 Å². The Hall–Kier alpha value is -1.07. The molecule has 0 unspecified atom stereocenters. The third-order valence-electron chi connectivity index (χ3n) is 2.48. The number of hydrogen-bond donors (Lipinski definition) is 1. The molecule has 1 N–H and O–H groups in total. The van der Waals surface area contributed by atoms with E-state index in [-0.39, 0.29) is 5.75 Å². The van der Waals surface area contributed by atoms with Crippen LogP contribution in [0.25, 0.3) is 0 Å². The third kappa shape index (κ3) is 4.02. The van der Waals surface area contributed by atoms with E-state index in [4.69, 9.17) is 0 Å². The van der Waals surface area contributed by atoms with Crippen LogP contribution in [0.5, 0.6) is 0 Å². The van der Waals surface area contributed by atoms with Gasteiger partial charge in [0.15, 0.2) is 9.84 Å². The first-order chi connectivity index (χ1) is 7.97. The van der Waals surface area contributed by atoms with Gasteiger partial charge in [-0.2, -0.15) is 0 Å². The summed E-state index contributed by atoms with van der Waals surface area (Å²) in [5.41, 5.74) is 0.691. The zero-order valence-electron chi connectivity index (χ0n) is 10.6. The number of sulfone groups is 1. The first-order valence-electron chi connectivity index (χ1n) is 5.67. The predicted octanol–water partition coefficient (Wildman–Crippen LogP) is 1.45. The van der Waals surface area contributed by atoms with E-state index in [0.717, 1.165) is 13.1 Å². The average Bonchev–Trinajstić information content (AvgIpc) is 2.29. The lowest BCUT2D eigenvalue weighted by atomic mass is 10.3. The van der Waals surface area contributed by atoms with Crippen LogP contribution in [-0.4, -0.2) is 46.3 Å². The van der Waals surface area contributed by atoms with Gasteiger partial charge in [0, 0.05) is 13.1 Å². The molecule has 1 rings (SSSR count). The summed E-state index contributed by atoms with van der Waals surface area (Å²) in [6, 6.07) is 7.04. The van der Waals surface area contributed by atoms with Gasteiger partial charge in [0.05, 0.1) is 16.3 Å². The van der Waals surface area contributed by atoms with E-state index in [2.05, 4.69) is 5.32 Å². The van der Waals surface area contributed by atoms with Crippen molar-refractivity contribution in [1.29, 1.82) is 0 Å². The molecule has 0 aromatic heterocycles. The van der Waals surface area contributed by atoms with Crippen LogP contribution in [0.2, 0.25) is 0 Å². The Morgan fingerprint density at radius 2 is 1.88 bits per heavy atom. The topological polar surface area (TPSA) is 49.4 Å². The molecule has 0 atom stereocenters. The van der Waals surface area contributed by atoms with Gasteiger partial charge >= 0.3 is 0 Å². The minimum absolute atomic E-state index is 0.124. The summed E-state index contributed by atoms with van der Waals surface area (Å²) < 4.78 is 23.7. The molecule has 0 aliphatic rings. The minimum atomic E-state index is -3.16. The van der Waals surface area contributed by atoms with Crippen molar-refractivity contribution in [3.63, 3.8) is 0 Å².